The summed E-state index contributed by atoms with van der Waals surface area (Å²) in [5, 5.41) is 32.0. The molecule has 260 valence electrons. The van der Waals surface area contributed by atoms with Gasteiger partial charge in [0, 0.05) is 30.2 Å². The zero-order valence-electron chi connectivity index (χ0n) is 26.8. The van der Waals surface area contributed by atoms with Crippen LogP contribution in [0.15, 0.2) is 61.1 Å². The molecule has 12 nitrogen and oxygen atoms in total. The molecule has 5 aromatic rings. The van der Waals surface area contributed by atoms with Crippen LogP contribution in [-0.4, -0.2) is 65.7 Å². The number of thiazole rings is 1. The number of aliphatic hydroxyl groups is 2. The van der Waals surface area contributed by atoms with Crippen LogP contribution in [0.4, 0.5) is 30.6 Å². The largest absolute Gasteiger partial charge is 0.573 e. The Labute approximate surface area is 288 Å². The van der Waals surface area contributed by atoms with Crippen LogP contribution < -0.4 is 20.7 Å². The van der Waals surface area contributed by atoms with Gasteiger partial charge in [0.2, 0.25) is 11.9 Å². The number of nitrogens with one attached hydrogen (secondary N) is 3. The molecule has 4 aromatic heterocycles. The number of rotatable bonds is 10. The van der Waals surface area contributed by atoms with E-state index in [1.165, 1.54) is 48.0 Å². The average molecular weight is 707 g/mol. The van der Waals surface area contributed by atoms with Gasteiger partial charge in [-0.25, -0.2) is 9.97 Å². The highest BCUT2D eigenvalue weighted by Crippen LogP contribution is 2.45. The summed E-state index contributed by atoms with van der Waals surface area (Å²) in [5.41, 5.74) is 4.09. The molecular formula is C34H33F3N8O4S. The summed E-state index contributed by atoms with van der Waals surface area (Å²) in [4.78, 5) is 36.2. The van der Waals surface area contributed by atoms with Crippen molar-refractivity contribution in [3.63, 3.8) is 0 Å². The number of carbonyl (C=O) groups is 1. The van der Waals surface area contributed by atoms with Crippen LogP contribution in [0.3, 0.4) is 0 Å². The molecule has 4 heterocycles. The van der Waals surface area contributed by atoms with Gasteiger partial charge in [-0.15, -0.1) is 24.5 Å². The van der Waals surface area contributed by atoms with Crippen molar-refractivity contribution in [1.82, 2.24) is 24.9 Å². The lowest BCUT2D eigenvalue weighted by Crippen LogP contribution is -2.37. The Kier molecular flexibility index (Phi) is 9.00. The number of carbonyl (C=O) groups excluding carboxylic acids is 1. The molecular weight excluding hydrogens is 673 g/mol. The number of anilines is 3. The fraction of sp³-hybridized carbons (Fsp3) is 0.353. The van der Waals surface area contributed by atoms with Gasteiger partial charge in [-0.1, -0.05) is 12.1 Å². The van der Waals surface area contributed by atoms with Gasteiger partial charge in [0.1, 0.15) is 28.2 Å². The molecule has 0 saturated heterocycles. The zero-order valence-corrected chi connectivity index (χ0v) is 27.7. The molecule has 0 unspecified atom stereocenters. The molecule has 0 aliphatic heterocycles. The van der Waals surface area contributed by atoms with Gasteiger partial charge in [0.15, 0.2) is 0 Å². The molecule has 5 atom stereocenters. The van der Waals surface area contributed by atoms with Gasteiger partial charge in [0.25, 0.3) is 0 Å². The number of benzene rings is 1. The summed E-state index contributed by atoms with van der Waals surface area (Å²) < 4.78 is 42.9. The second kappa shape index (κ2) is 13.4. The Morgan fingerprint density at radius 2 is 1.74 bits per heavy atom. The fourth-order valence-electron chi connectivity index (χ4n) is 6.15. The molecule has 2 saturated carbocycles. The third kappa shape index (κ3) is 7.18. The van der Waals surface area contributed by atoms with Crippen molar-refractivity contribution in [3.8, 4) is 16.3 Å². The molecule has 2 aliphatic rings. The first-order valence-electron chi connectivity index (χ1n) is 16.0. The standard InChI is InChI=1S/C34H33F3N8O4S/c1-16(18-5-7-21(8-6-18)49-34(35,36)37)40-33-41-17(2)25(32-44-27-24(50-32)11-14-39-26(27)19-3-4-19)30(45-33)43-23-15-22(28(46)29(23)47)31(48)42-20-9-12-38-13-10-20/h5-14,16,19,22-23,28-29,46-47H,3-4,15H2,1-2H3,(H,38,42,48)(H2,40,41,43,45)/t16-,22+,23-,28-,29+/m1/s1. The van der Waals surface area contributed by atoms with E-state index in [1.54, 1.807) is 25.3 Å². The number of amides is 1. The van der Waals surface area contributed by atoms with Crippen LogP contribution >= 0.6 is 11.3 Å². The molecule has 2 fully saturated rings. The number of alkyl halides is 3. The Morgan fingerprint density at radius 1 is 1.00 bits per heavy atom. The number of nitrogens with zero attached hydrogens (tertiary/aromatic N) is 5. The molecule has 2 aliphatic carbocycles. The van der Waals surface area contributed by atoms with Crippen molar-refractivity contribution in [2.24, 2.45) is 5.92 Å². The number of aliphatic hydroxyl groups excluding tert-OH is 2. The highest BCUT2D eigenvalue weighted by molar-refractivity contribution is 7.21. The van der Waals surface area contributed by atoms with E-state index in [-0.39, 0.29) is 18.1 Å². The van der Waals surface area contributed by atoms with Crippen LogP contribution in [0.1, 0.15) is 55.1 Å². The number of aryl methyl sites for hydroxylation is 1. The Bertz CT molecular complexity index is 2010. The van der Waals surface area contributed by atoms with Crippen molar-refractivity contribution < 1.29 is 32.9 Å². The number of pyridine rings is 2. The maximum absolute atomic E-state index is 13.2. The first kappa shape index (κ1) is 33.6. The number of hydrogen-bond acceptors (Lipinski definition) is 12. The van der Waals surface area contributed by atoms with Crippen LogP contribution in [0.5, 0.6) is 5.75 Å². The second-order valence-corrected chi connectivity index (χ2v) is 13.5. The summed E-state index contributed by atoms with van der Waals surface area (Å²) in [6.45, 7) is 3.61. The monoisotopic (exact) mass is 706 g/mol. The fourth-order valence-corrected chi connectivity index (χ4v) is 7.22. The molecule has 0 bridgehead atoms. The van der Waals surface area contributed by atoms with Crippen LogP contribution in [0.25, 0.3) is 20.8 Å². The van der Waals surface area contributed by atoms with Gasteiger partial charge < -0.3 is 30.9 Å². The maximum atomic E-state index is 13.2. The van der Waals surface area contributed by atoms with Gasteiger partial charge in [-0.05, 0) is 69.0 Å². The number of fused-ring (bicyclic) bond motifs is 1. The van der Waals surface area contributed by atoms with Crippen LogP contribution in [0, 0.1) is 12.8 Å². The quantitative estimate of drug-likeness (QED) is 0.116. The number of hydrogen-bond donors (Lipinski definition) is 5. The van der Waals surface area contributed by atoms with Crippen molar-refractivity contribution in [2.45, 2.75) is 69.7 Å². The van der Waals surface area contributed by atoms with Crippen LogP contribution in [0.2, 0.25) is 0 Å². The predicted molar refractivity (Wildman–Crippen MR) is 181 cm³/mol. The summed E-state index contributed by atoms with van der Waals surface area (Å²) in [6.07, 6.45) is -0.383. The molecule has 50 heavy (non-hydrogen) atoms. The van der Waals surface area contributed by atoms with Crippen molar-refractivity contribution >= 4 is 44.9 Å². The minimum absolute atomic E-state index is 0.100. The average Bonchev–Trinajstić information content (AvgIpc) is 3.77. The number of halogens is 3. The first-order chi connectivity index (χ1) is 23.9. The molecule has 16 heteroatoms. The summed E-state index contributed by atoms with van der Waals surface area (Å²) in [6, 6.07) is 9.46. The molecule has 0 radical (unpaired) electrons. The second-order valence-electron chi connectivity index (χ2n) is 12.5. The number of ether oxygens (including phenoxy) is 1. The zero-order chi connectivity index (χ0) is 35.2. The van der Waals surface area contributed by atoms with E-state index in [9.17, 15) is 28.2 Å². The smallest absolute Gasteiger partial charge is 0.406 e. The molecule has 0 spiro atoms. The van der Waals surface area contributed by atoms with Crippen LogP contribution in [-0.2, 0) is 4.79 Å². The molecule has 1 amide bonds. The number of aromatic nitrogens is 5. The molecule has 1 aromatic carbocycles. The third-order valence-corrected chi connectivity index (χ3v) is 9.89. The normalized spacial score (nSPS) is 21.2. The van der Waals surface area contributed by atoms with E-state index in [4.69, 9.17) is 15.0 Å². The SMILES string of the molecule is Cc1nc(N[C@H](C)c2ccc(OC(F)(F)F)cc2)nc(N[C@@H]2C[C@H](C(=O)Nc3ccncc3)[C@@H](O)[C@H]2O)c1-c1nc2c(C3CC3)nccc2s1. The van der Waals surface area contributed by atoms with E-state index >= 15 is 0 Å². The lowest BCUT2D eigenvalue weighted by Gasteiger charge is -2.22. The predicted octanol–water partition coefficient (Wildman–Crippen LogP) is 5.96. The maximum Gasteiger partial charge on any atom is 0.573 e. The Hall–Kier alpha value is -4.93. The summed E-state index contributed by atoms with van der Waals surface area (Å²) in [7, 11) is 0. The van der Waals surface area contributed by atoms with Gasteiger partial charge in [-0.2, -0.15) is 4.98 Å². The molecule has 5 N–H and O–H groups in total. The van der Waals surface area contributed by atoms with Crippen molar-refractivity contribution in [1.29, 1.82) is 0 Å². The summed E-state index contributed by atoms with van der Waals surface area (Å²) >= 11 is 1.46. The van der Waals surface area contributed by atoms with E-state index in [1.807, 2.05) is 13.0 Å². The van der Waals surface area contributed by atoms with Gasteiger partial charge in [0.05, 0.1) is 45.8 Å². The Balaban J connectivity index is 1.19. The van der Waals surface area contributed by atoms with E-state index in [0.29, 0.717) is 39.3 Å². The third-order valence-electron chi connectivity index (χ3n) is 8.85. The highest BCUT2D eigenvalue weighted by atomic mass is 32.1. The van der Waals surface area contributed by atoms with E-state index < -0.39 is 42.5 Å². The minimum atomic E-state index is -4.80. The lowest BCUT2D eigenvalue weighted by atomic mass is 10.0. The minimum Gasteiger partial charge on any atom is -0.406 e. The highest BCUT2D eigenvalue weighted by Gasteiger charge is 2.45. The van der Waals surface area contributed by atoms with Crippen molar-refractivity contribution in [2.75, 3.05) is 16.0 Å². The first-order valence-corrected chi connectivity index (χ1v) is 16.9. The van der Waals surface area contributed by atoms with E-state index in [0.717, 1.165) is 28.8 Å². The molecule has 7 rings (SSSR count). The topological polar surface area (TPSA) is 167 Å². The summed E-state index contributed by atoms with van der Waals surface area (Å²) in [5.74, 6) is -0.793. The van der Waals surface area contributed by atoms with Crippen molar-refractivity contribution in [3.05, 3.63) is 78.0 Å². The van der Waals surface area contributed by atoms with E-state index in [2.05, 4.69) is 30.7 Å². The Morgan fingerprint density at radius 3 is 2.44 bits per heavy atom. The van der Waals surface area contributed by atoms with Gasteiger partial charge in [-0.3, -0.25) is 14.8 Å². The lowest BCUT2D eigenvalue weighted by molar-refractivity contribution is -0.274. The van der Waals surface area contributed by atoms with Gasteiger partial charge >= 0.3 is 6.36 Å².